The molecule has 0 saturated heterocycles. The maximum Gasteiger partial charge on any atom is 0.251 e. The van der Waals surface area contributed by atoms with Gasteiger partial charge in [-0.15, -0.1) is 10.2 Å². The molecule has 0 saturated carbocycles. The van der Waals surface area contributed by atoms with Gasteiger partial charge in [0.2, 0.25) is 17.7 Å². The summed E-state index contributed by atoms with van der Waals surface area (Å²) in [4.78, 5) is 58.5. The van der Waals surface area contributed by atoms with Gasteiger partial charge in [0.15, 0.2) is 5.82 Å². The number of rotatable bonds is 11. The van der Waals surface area contributed by atoms with Crippen LogP contribution in [0.15, 0.2) is 48.7 Å². The molecule has 4 amide bonds. The Kier molecular flexibility index (Phi) is 9.15. The maximum absolute atomic E-state index is 13.7. The lowest BCUT2D eigenvalue weighted by atomic mass is 9.97. The van der Waals surface area contributed by atoms with Gasteiger partial charge in [-0.25, -0.2) is 4.98 Å². The lowest BCUT2D eigenvalue weighted by molar-refractivity contribution is -0.132. The SMILES string of the molecule is CC[C@H](C)[C@H](NC(=O)Cc1ccccc1)C(=O)NC(C)C(=O)N1c2ncccc2CC1C(=O)NCc1nn[nH]n1. The van der Waals surface area contributed by atoms with Crippen molar-refractivity contribution in [2.45, 2.75) is 64.7 Å². The van der Waals surface area contributed by atoms with Crippen molar-refractivity contribution < 1.29 is 19.2 Å². The number of aromatic amines is 1. The van der Waals surface area contributed by atoms with Crippen molar-refractivity contribution in [2.24, 2.45) is 5.92 Å². The van der Waals surface area contributed by atoms with E-state index in [2.05, 4.69) is 41.6 Å². The molecule has 1 aliphatic heterocycles. The molecule has 0 bridgehead atoms. The van der Waals surface area contributed by atoms with Crippen molar-refractivity contribution in [1.29, 1.82) is 0 Å². The van der Waals surface area contributed by atoms with Gasteiger partial charge in [0.05, 0.1) is 13.0 Å². The lowest BCUT2D eigenvalue weighted by Gasteiger charge is -2.29. The Bertz CT molecular complexity index is 1330. The first-order valence-electron chi connectivity index (χ1n) is 13.2. The van der Waals surface area contributed by atoms with Crippen LogP contribution in [0, 0.1) is 5.92 Å². The molecule has 13 heteroatoms. The predicted molar refractivity (Wildman–Crippen MR) is 144 cm³/mol. The van der Waals surface area contributed by atoms with Crippen LogP contribution < -0.4 is 20.9 Å². The number of nitrogens with zero attached hydrogens (tertiary/aromatic N) is 5. The molecule has 210 valence electrons. The molecule has 4 atom stereocenters. The van der Waals surface area contributed by atoms with Crippen LogP contribution in [-0.4, -0.2) is 67.4 Å². The molecule has 4 rings (SSSR count). The molecule has 0 fully saturated rings. The number of benzene rings is 1. The van der Waals surface area contributed by atoms with Crippen LogP contribution in [0.1, 0.15) is 44.1 Å². The zero-order chi connectivity index (χ0) is 28.6. The zero-order valence-corrected chi connectivity index (χ0v) is 22.6. The van der Waals surface area contributed by atoms with Crippen LogP contribution in [0.3, 0.4) is 0 Å². The number of carbonyl (C=O) groups is 4. The van der Waals surface area contributed by atoms with E-state index in [9.17, 15) is 19.2 Å². The van der Waals surface area contributed by atoms with Gasteiger partial charge in [0, 0.05) is 12.6 Å². The first kappa shape index (κ1) is 28.3. The molecule has 2 aromatic heterocycles. The molecule has 0 radical (unpaired) electrons. The van der Waals surface area contributed by atoms with E-state index in [1.165, 1.54) is 4.90 Å². The quantitative estimate of drug-likeness (QED) is 0.268. The Labute approximate surface area is 231 Å². The Hall–Kier alpha value is -4.68. The molecule has 4 N–H and O–H groups in total. The van der Waals surface area contributed by atoms with Crippen molar-refractivity contribution >= 4 is 29.4 Å². The second kappa shape index (κ2) is 12.9. The van der Waals surface area contributed by atoms with Gasteiger partial charge >= 0.3 is 0 Å². The van der Waals surface area contributed by atoms with E-state index in [4.69, 9.17) is 0 Å². The van der Waals surface area contributed by atoms with Gasteiger partial charge in [0.1, 0.15) is 23.9 Å². The molecule has 0 aliphatic carbocycles. The van der Waals surface area contributed by atoms with Gasteiger partial charge in [-0.2, -0.15) is 5.21 Å². The average molecular weight is 548 g/mol. The second-order valence-electron chi connectivity index (χ2n) is 9.78. The first-order chi connectivity index (χ1) is 19.3. The summed E-state index contributed by atoms with van der Waals surface area (Å²) >= 11 is 0. The third-order valence-corrected chi connectivity index (χ3v) is 6.92. The number of anilines is 1. The van der Waals surface area contributed by atoms with Crippen LogP contribution in [0.4, 0.5) is 5.82 Å². The number of tetrazole rings is 1. The summed E-state index contributed by atoms with van der Waals surface area (Å²) in [6.45, 7) is 5.37. The van der Waals surface area contributed by atoms with Crippen molar-refractivity contribution in [2.75, 3.05) is 4.90 Å². The molecule has 2 unspecified atom stereocenters. The van der Waals surface area contributed by atoms with E-state index >= 15 is 0 Å². The van der Waals surface area contributed by atoms with Crippen molar-refractivity contribution in [1.82, 2.24) is 41.6 Å². The molecule has 0 spiro atoms. The standard InChI is InChI=1S/C27H33N9O4/c1-4-16(2)23(31-22(37)13-18-9-6-5-7-10-18)26(39)30-17(3)27(40)36-20(14-19-11-8-12-28-24(19)36)25(38)29-15-21-32-34-35-33-21/h5-12,16-17,20,23H,4,13-15H2,1-3H3,(H,29,38)(H,30,39)(H,31,37)(H,32,33,34,35)/t16-,17?,20?,23-/m0/s1. The highest BCUT2D eigenvalue weighted by Gasteiger charge is 2.41. The van der Waals surface area contributed by atoms with Crippen LogP contribution in [0.5, 0.6) is 0 Å². The highest BCUT2D eigenvalue weighted by atomic mass is 16.2. The molecule has 1 aliphatic rings. The van der Waals surface area contributed by atoms with E-state index in [1.807, 2.05) is 44.2 Å². The van der Waals surface area contributed by atoms with Gasteiger partial charge < -0.3 is 16.0 Å². The van der Waals surface area contributed by atoms with Gasteiger partial charge in [0.25, 0.3) is 5.91 Å². The Balaban J connectivity index is 1.45. The second-order valence-corrected chi connectivity index (χ2v) is 9.78. The molecule has 3 heterocycles. The highest BCUT2D eigenvalue weighted by molar-refractivity contribution is 6.06. The van der Waals surface area contributed by atoms with Crippen LogP contribution in [0.2, 0.25) is 0 Å². The Morgan fingerprint density at radius 2 is 1.85 bits per heavy atom. The summed E-state index contributed by atoms with van der Waals surface area (Å²) < 4.78 is 0. The van der Waals surface area contributed by atoms with E-state index in [1.54, 1.807) is 25.3 Å². The van der Waals surface area contributed by atoms with Crippen molar-refractivity contribution in [3.05, 3.63) is 65.6 Å². The summed E-state index contributed by atoms with van der Waals surface area (Å²) in [5, 5.41) is 21.7. The maximum atomic E-state index is 13.7. The van der Waals surface area contributed by atoms with Crippen LogP contribution >= 0.6 is 0 Å². The predicted octanol–water partition coefficient (Wildman–Crippen LogP) is 0.447. The molecule has 13 nitrogen and oxygen atoms in total. The van der Waals surface area contributed by atoms with E-state index in [-0.39, 0.29) is 31.2 Å². The van der Waals surface area contributed by atoms with Gasteiger partial charge in [-0.05, 0) is 30.0 Å². The molecule has 1 aromatic carbocycles. The number of hydrogen-bond donors (Lipinski definition) is 4. The summed E-state index contributed by atoms with van der Waals surface area (Å²) in [6, 6.07) is 10.1. The van der Waals surface area contributed by atoms with Gasteiger partial charge in [-0.1, -0.05) is 61.9 Å². The number of nitrogens with one attached hydrogen (secondary N) is 4. The number of H-pyrrole nitrogens is 1. The third kappa shape index (κ3) is 6.65. The number of carbonyl (C=O) groups excluding carboxylic acids is 4. The summed E-state index contributed by atoms with van der Waals surface area (Å²) in [5.74, 6) is -1.20. The van der Waals surface area contributed by atoms with E-state index < -0.39 is 35.8 Å². The number of aromatic nitrogens is 5. The third-order valence-electron chi connectivity index (χ3n) is 6.92. The average Bonchev–Trinajstić information content (AvgIpc) is 3.62. The van der Waals surface area contributed by atoms with Gasteiger partial charge in [-0.3, -0.25) is 24.1 Å². The van der Waals surface area contributed by atoms with Crippen molar-refractivity contribution in [3.8, 4) is 0 Å². The van der Waals surface area contributed by atoms with E-state index in [0.29, 0.717) is 18.1 Å². The summed E-state index contributed by atoms with van der Waals surface area (Å²) in [7, 11) is 0. The Morgan fingerprint density at radius 1 is 1.07 bits per heavy atom. The fourth-order valence-corrected chi connectivity index (χ4v) is 4.54. The molecule has 40 heavy (non-hydrogen) atoms. The zero-order valence-electron chi connectivity index (χ0n) is 22.6. The topological polar surface area (TPSA) is 175 Å². The summed E-state index contributed by atoms with van der Waals surface area (Å²) in [5.41, 5.74) is 1.57. The fraction of sp³-hybridized carbons (Fsp3) is 0.407. The number of pyridine rings is 1. The minimum atomic E-state index is -0.995. The minimum Gasteiger partial charge on any atom is -0.347 e. The van der Waals surface area contributed by atoms with Crippen LogP contribution in [-0.2, 0) is 38.6 Å². The smallest absolute Gasteiger partial charge is 0.251 e. The normalized spacial score (nSPS) is 16.4. The Morgan fingerprint density at radius 3 is 2.55 bits per heavy atom. The largest absolute Gasteiger partial charge is 0.347 e. The van der Waals surface area contributed by atoms with Crippen molar-refractivity contribution in [3.63, 3.8) is 0 Å². The minimum absolute atomic E-state index is 0.0309. The highest BCUT2D eigenvalue weighted by Crippen LogP contribution is 2.30. The molecular formula is C27H33N9O4. The van der Waals surface area contributed by atoms with Crippen LogP contribution in [0.25, 0.3) is 0 Å². The van der Waals surface area contributed by atoms with E-state index in [0.717, 1.165) is 11.1 Å². The number of fused-ring (bicyclic) bond motifs is 1. The monoisotopic (exact) mass is 547 g/mol. The summed E-state index contributed by atoms with van der Waals surface area (Å²) in [6.07, 6.45) is 2.58. The molecular weight excluding hydrogens is 514 g/mol. The fourth-order valence-electron chi connectivity index (χ4n) is 4.54. The lowest BCUT2D eigenvalue weighted by Crippen LogP contribution is -2.57. The first-order valence-corrected chi connectivity index (χ1v) is 13.2. The number of hydrogen-bond acceptors (Lipinski definition) is 8. The molecule has 3 aromatic rings. The number of amides is 4.